The Morgan fingerprint density at radius 2 is 1.86 bits per heavy atom. The average molecular weight is 382 g/mol. The highest BCUT2D eigenvalue weighted by atomic mass is 19.1. The second kappa shape index (κ2) is 7.40. The lowest BCUT2D eigenvalue weighted by Crippen LogP contribution is -2.46. The SMILES string of the molecule is O=C(c1c(F)ccc(Cc2n[nH]c(=O)c3ccccc23)c1O)N1CCNCC1. The summed E-state index contributed by atoms with van der Waals surface area (Å²) in [6, 6.07) is 9.60. The van der Waals surface area contributed by atoms with Gasteiger partial charge in [-0.15, -0.1) is 0 Å². The number of aromatic amines is 1. The molecular formula is C20H19FN4O3. The number of carbonyl (C=O) groups is 1. The monoisotopic (exact) mass is 382 g/mol. The van der Waals surface area contributed by atoms with Gasteiger partial charge < -0.3 is 15.3 Å². The van der Waals surface area contributed by atoms with E-state index in [2.05, 4.69) is 15.5 Å². The van der Waals surface area contributed by atoms with Gasteiger partial charge in [0.15, 0.2) is 0 Å². The number of phenolic OH excluding ortho intramolecular Hbond substituents is 1. The number of piperazine rings is 1. The van der Waals surface area contributed by atoms with Crippen molar-refractivity contribution in [3.8, 4) is 5.75 Å². The van der Waals surface area contributed by atoms with Gasteiger partial charge in [-0.25, -0.2) is 9.49 Å². The molecule has 1 saturated heterocycles. The lowest BCUT2D eigenvalue weighted by atomic mass is 10.00. The number of carbonyl (C=O) groups excluding carboxylic acids is 1. The van der Waals surface area contributed by atoms with Gasteiger partial charge in [0.25, 0.3) is 11.5 Å². The molecule has 0 aliphatic carbocycles. The molecule has 4 rings (SSSR count). The van der Waals surface area contributed by atoms with Crippen molar-refractivity contribution < 1.29 is 14.3 Å². The van der Waals surface area contributed by atoms with E-state index in [-0.39, 0.29) is 23.3 Å². The Hall–Kier alpha value is -3.26. The Labute approximate surface area is 159 Å². The number of halogens is 1. The van der Waals surface area contributed by atoms with E-state index in [1.165, 1.54) is 17.0 Å². The van der Waals surface area contributed by atoms with Crippen LogP contribution in [0.25, 0.3) is 10.8 Å². The maximum absolute atomic E-state index is 14.4. The summed E-state index contributed by atoms with van der Waals surface area (Å²) in [4.78, 5) is 26.2. The zero-order chi connectivity index (χ0) is 19.7. The fraction of sp³-hybridized carbons (Fsp3) is 0.250. The van der Waals surface area contributed by atoms with E-state index in [1.807, 2.05) is 0 Å². The number of phenols is 1. The molecule has 0 unspecified atom stereocenters. The van der Waals surface area contributed by atoms with Crippen molar-refractivity contribution in [3.63, 3.8) is 0 Å². The van der Waals surface area contributed by atoms with Crippen LogP contribution in [0.3, 0.4) is 0 Å². The summed E-state index contributed by atoms with van der Waals surface area (Å²) in [6.45, 7) is 2.16. The van der Waals surface area contributed by atoms with Crippen molar-refractivity contribution in [2.45, 2.75) is 6.42 Å². The van der Waals surface area contributed by atoms with E-state index in [4.69, 9.17) is 0 Å². The summed E-state index contributed by atoms with van der Waals surface area (Å²) < 4.78 is 14.4. The molecule has 0 bridgehead atoms. The van der Waals surface area contributed by atoms with Crippen LogP contribution in [0.1, 0.15) is 21.6 Å². The summed E-state index contributed by atoms with van der Waals surface area (Å²) in [6.07, 6.45) is 0.144. The van der Waals surface area contributed by atoms with Gasteiger partial charge in [-0.2, -0.15) is 5.10 Å². The van der Waals surface area contributed by atoms with Gasteiger partial charge in [0.1, 0.15) is 17.1 Å². The first-order chi connectivity index (χ1) is 13.6. The fourth-order valence-electron chi connectivity index (χ4n) is 3.47. The number of aromatic nitrogens is 2. The van der Waals surface area contributed by atoms with Crippen LogP contribution in [0, 0.1) is 5.82 Å². The third-order valence-corrected chi connectivity index (χ3v) is 4.96. The highest BCUT2D eigenvalue weighted by Crippen LogP contribution is 2.29. The molecule has 1 aliphatic rings. The predicted octanol–water partition coefficient (Wildman–Crippen LogP) is 1.40. The molecule has 1 aromatic heterocycles. The van der Waals surface area contributed by atoms with Crippen molar-refractivity contribution in [2.75, 3.05) is 26.2 Å². The van der Waals surface area contributed by atoms with Crippen LogP contribution in [0.2, 0.25) is 0 Å². The molecule has 0 spiro atoms. The summed E-state index contributed by atoms with van der Waals surface area (Å²) in [5.74, 6) is -1.68. The van der Waals surface area contributed by atoms with E-state index in [0.29, 0.717) is 48.2 Å². The minimum Gasteiger partial charge on any atom is -0.507 e. The predicted molar refractivity (Wildman–Crippen MR) is 102 cm³/mol. The molecule has 2 heterocycles. The Balaban J connectivity index is 1.73. The van der Waals surface area contributed by atoms with Crippen molar-refractivity contribution in [1.29, 1.82) is 0 Å². The van der Waals surface area contributed by atoms with E-state index >= 15 is 0 Å². The smallest absolute Gasteiger partial charge is 0.272 e. The van der Waals surface area contributed by atoms with Crippen molar-refractivity contribution in [3.05, 3.63) is 69.4 Å². The zero-order valence-electron chi connectivity index (χ0n) is 15.0. The van der Waals surface area contributed by atoms with Gasteiger partial charge in [-0.3, -0.25) is 9.59 Å². The number of hydrogen-bond donors (Lipinski definition) is 3. The fourth-order valence-corrected chi connectivity index (χ4v) is 3.47. The summed E-state index contributed by atoms with van der Waals surface area (Å²) in [7, 11) is 0. The van der Waals surface area contributed by atoms with Crippen LogP contribution in [0.5, 0.6) is 5.75 Å². The van der Waals surface area contributed by atoms with Crippen LogP contribution in [0.4, 0.5) is 4.39 Å². The van der Waals surface area contributed by atoms with Gasteiger partial charge in [0.05, 0.1) is 11.1 Å². The maximum atomic E-state index is 14.4. The highest BCUT2D eigenvalue weighted by molar-refractivity contribution is 5.97. The molecule has 0 radical (unpaired) electrons. The Bertz CT molecular complexity index is 1110. The molecule has 3 aromatic rings. The van der Waals surface area contributed by atoms with Crippen LogP contribution < -0.4 is 10.9 Å². The van der Waals surface area contributed by atoms with E-state index in [9.17, 15) is 19.1 Å². The summed E-state index contributed by atoms with van der Waals surface area (Å²) in [5.41, 5.74) is 0.257. The number of benzene rings is 2. The number of hydrogen-bond acceptors (Lipinski definition) is 5. The maximum Gasteiger partial charge on any atom is 0.272 e. The number of H-pyrrole nitrogens is 1. The number of rotatable bonds is 3. The lowest BCUT2D eigenvalue weighted by molar-refractivity contribution is 0.0727. The third kappa shape index (κ3) is 3.22. The summed E-state index contributed by atoms with van der Waals surface area (Å²) >= 11 is 0. The molecule has 8 heteroatoms. The number of aromatic hydroxyl groups is 1. The van der Waals surface area contributed by atoms with Crippen LogP contribution in [-0.4, -0.2) is 52.3 Å². The first kappa shape index (κ1) is 18.1. The van der Waals surface area contributed by atoms with Crippen LogP contribution in [-0.2, 0) is 6.42 Å². The molecule has 2 aromatic carbocycles. The molecule has 1 fully saturated rings. The molecule has 7 nitrogen and oxygen atoms in total. The van der Waals surface area contributed by atoms with Gasteiger partial charge >= 0.3 is 0 Å². The van der Waals surface area contributed by atoms with Crippen LogP contribution >= 0.6 is 0 Å². The first-order valence-electron chi connectivity index (χ1n) is 9.03. The normalized spacial score (nSPS) is 14.4. The number of nitrogens with zero attached hydrogens (tertiary/aromatic N) is 2. The first-order valence-corrected chi connectivity index (χ1v) is 9.03. The Morgan fingerprint density at radius 1 is 1.14 bits per heavy atom. The Morgan fingerprint density at radius 3 is 2.61 bits per heavy atom. The highest BCUT2D eigenvalue weighted by Gasteiger charge is 2.26. The van der Waals surface area contributed by atoms with Gasteiger partial charge in [-0.05, 0) is 12.1 Å². The van der Waals surface area contributed by atoms with Crippen molar-refractivity contribution >= 4 is 16.7 Å². The molecular weight excluding hydrogens is 363 g/mol. The number of amides is 1. The van der Waals surface area contributed by atoms with Gasteiger partial charge in [0.2, 0.25) is 0 Å². The number of fused-ring (bicyclic) bond motifs is 1. The van der Waals surface area contributed by atoms with Crippen molar-refractivity contribution in [1.82, 2.24) is 20.4 Å². The third-order valence-electron chi connectivity index (χ3n) is 4.96. The molecule has 1 aliphatic heterocycles. The van der Waals surface area contributed by atoms with E-state index in [1.54, 1.807) is 24.3 Å². The lowest BCUT2D eigenvalue weighted by Gasteiger charge is -2.28. The summed E-state index contributed by atoms with van der Waals surface area (Å²) in [5, 5.41) is 21.4. The molecule has 3 N–H and O–H groups in total. The average Bonchev–Trinajstić information content (AvgIpc) is 2.73. The second-order valence-corrected chi connectivity index (χ2v) is 6.69. The zero-order valence-corrected chi connectivity index (χ0v) is 15.0. The number of nitrogens with one attached hydrogen (secondary N) is 2. The van der Waals surface area contributed by atoms with E-state index < -0.39 is 11.7 Å². The minimum atomic E-state index is -0.760. The minimum absolute atomic E-state index is 0.144. The molecule has 0 saturated carbocycles. The van der Waals surface area contributed by atoms with Gasteiger partial charge in [-0.1, -0.05) is 24.3 Å². The second-order valence-electron chi connectivity index (χ2n) is 6.69. The standard InChI is InChI=1S/C20H19FN4O3/c21-15-6-5-12(18(26)17(15)20(28)25-9-7-22-8-10-25)11-16-13-3-1-2-4-14(13)19(27)24-23-16/h1-6,22,26H,7-11H2,(H,24,27). The largest absolute Gasteiger partial charge is 0.507 e. The quantitative estimate of drug-likeness (QED) is 0.636. The topological polar surface area (TPSA) is 98.3 Å². The van der Waals surface area contributed by atoms with E-state index in [0.717, 1.165) is 0 Å². The van der Waals surface area contributed by atoms with Gasteiger partial charge in [0, 0.05) is 43.5 Å². The van der Waals surface area contributed by atoms with Crippen molar-refractivity contribution in [2.24, 2.45) is 0 Å². The Kier molecular flexibility index (Phi) is 4.79. The molecule has 28 heavy (non-hydrogen) atoms. The molecule has 1 amide bonds. The molecule has 144 valence electrons. The van der Waals surface area contributed by atoms with Crippen LogP contribution in [0.15, 0.2) is 41.2 Å². The molecule has 0 atom stereocenters.